The highest BCUT2D eigenvalue weighted by atomic mass is 16.5. The van der Waals surface area contributed by atoms with E-state index in [1.807, 2.05) is 19.9 Å². The first kappa shape index (κ1) is 20.2. The van der Waals surface area contributed by atoms with Gasteiger partial charge in [0, 0.05) is 24.5 Å². The van der Waals surface area contributed by atoms with Gasteiger partial charge in [0.2, 0.25) is 17.7 Å². The standard InChI is InChI=1S/C20H21N9O2/c1-12(2)20(11-21)7-9-29(18(20)30)16-6-8-22-19(24-16)23-13-4-5-14(15(10-13)31-3)17-25-27-28-26-17/h4-6,8,10,12H,7,9H2,1-3H3,(H,22,23,24)(H,25,26,27,28)/t20-/m1/s1. The van der Waals surface area contributed by atoms with Gasteiger partial charge in [-0.05, 0) is 35.8 Å². The van der Waals surface area contributed by atoms with E-state index in [1.165, 1.54) is 0 Å². The van der Waals surface area contributed by atoms with E-state index in [1.54, 1.807) is 36.4 Å². The minimum Gasteiger partial charge on any atom is -0.496 e. The number of tetrazole rings is 1. The van der Waals surface area contributed by atoms with E-state index in [9.17, 15) is 10.1 Å². The molecule has 31 heavy (non-hydrogen) atoms. The maximum Gasteiger partial charge on any atom is 0.248 e. The molecule has 1 aromatic carbocycles. The number of methoxy groups -OCH3 is 1. The van der Waals surface area contributed by atoms with Gasteiger partial charge >= 0.3 is 0 Å². The summed E-state index contributed by atoms with van der Waals surface area (Å²) in [6, 6.07) is 9.26. The molecule has 0 unspecified atom stereocenters. The van der Waals surface area contributed by atoms with Crippen molar-refractivity contribution in [3.8, 4) is 23.2 Å². The summed E-state index contributed by atoms with van der Waals surface area (Å²) in [7, 11) is 1.55. The number of rotatable bonds is 6. The van der Waals surface area contributed by atoms with Crippen LogP contribution in [-0.4, -0.2) is 50.2 Å². The summed E-state index contributed by atoms with van der Waals surface area (Å²) in [5.41, 5.74) is 0.347. The van der Waals surface area contributed by atoms with Gasteiger partial charge in [-0.25, -0.2) is 4.98 Å². The van der Waals surface area contributed by atoms with Crippen molar-refractivity contribution in [1.29, 1.82) is 5.26 Å². The number of aromatic nitrogens is 6. The normalized spacial score (nSPS) is 18.3. The molecule has 1 amide bonds. The van der Waals surface area contributed by atoms with Crippen molar-refractivity contribution < 1.29 is 9.53 Å². The molecule has 1 aliphatic rings. The molecule has 0 bridgehead atoms. The topological polar surface area (TPSA) is 146 Å². The Bertz CT molecular complexity index is 1140. The Hall–Kier alpha value is -4.07. The molecular formula is C20H21N9O2. The molecule has 1 aliphatic heterocycles. The Kier molecular flexibility index (Phi) is 5.21. The Morgan fingerprint density at radius 3 is 2.84 bits per heavy atom. The predicted molar refractivity (Wildman–Crippen MR) is 111 cm³/mol. The van der Waals surface area contributed by atoms with Crippen molar-refractivity contribution in [2.75, 3.05) is 23.9 Å². The van der Waals surface area contributed by atoms with E-state index in [0.717, 1.165) is 0 Å². The number of aromatic amines is 1. The highest BCUT2D eigenvalue weighted by Crippen LogP contribution is 2.40. The summed E-state index contributed by atoms with van der Waals surface area (Å²) in [5.74, 6) is 1.43. The molecule has 0 saturated carbocycles. The number of nitrogens with one attached hydrogen (secondary N) is 2. The van der Waals surface area contributed by atoms with Gasteiger partial charge in [-0.15, -0.1) is 10.2 Å². The fourth-order valence-corrected chi connectivity index (χ4v) is 3.64. The van der Waals surface area contributed by atoms with Gasteiger partial charge in [0.05, 0.1) is 18.7 Å². The first-order valence-electron chi connectivity index (χ1n) is 9.73. The quantitative estimate of drug-likeness (QED) is 0.614. The average molecular weight is 419 g/mol. The second-order valence-electron chi connectivity index (χ2n) is 7.46. The van der Waals surface area contributed by atoms with Crippen molar-refractivity contribution in [3.05, 3.63) is 30.5 Å². The van der Waals surface area contributed by atoms with Gasteiger partial charge in [0.1, 0.15) is 17.0 Å². The van der Waals surface area contributed by atoms with Crippen molar-refractivity contribution in [1.82, 2.24) is 30.6 Å². The van der Waals surface area contributed by atoms with Gasteiger partial charge in [0.15, 0.2) is 0 Å². The molecule has 4 rings (SSSR count). The number of nitriles is 1. The van der Waals surface area contributed by atoms with Crippen LogP contribution in [0.2, 0.25) is 0 Å². The molecule has 11 heteroatoms. The van der Waals surface area contributed by atoms with Gasteiger partial charge in [-0.3, -0.25) is 9.69 Å². The average Bonchev–Trinajstić information content (AvgIpc) is 3.42. The number of benzene rings is 1. The minimum atomic E-state index is -1.02. The van der Waals surface area contributed by atoms with Crippen molar-refractivity contribution in [2.24, 2.45) is 11.3 Å². The molecular weight excluding hydrogens is 398 g/mol. The Labute approximate surface area is 178 Å². The third kappa shape index (κ3) is 3.52. The molecule has 1 saturated heterocycles. The van der Waals surface area contributed by atoms with Crippen LogP contribution in [0.4, 0.5) is 17.5 Å². The van der Waals surface area contributed by atoms with Crippen molar-refractivity contribution in [3.63, 3.8) is 0 Å². The molecule has 11 nitrogen and oxygen atoms in total. The van der Waals surface area contributed by atoms with Crippen LogP contribution < -0.4 is 15.0 Å². The van der Waals surface area contributed by atoms with Crippen LogP contribution in [-0.2, 0) is 4.79 Å². The summed E-state index contributed by atoms with van der Waals surface area (Å²) >= 11 is 0. The lowest BCUT2D eigenvalue weighted by Gasteiger charge is -2.24. The predicted octanol–water partition coefficient (Wildman–Crippen LogP) is 2.31. The third-order valence-corrected chi connectivity index (χ3v) is 5.50. The van der Waals surface area contributed by atoms with Gasteiger partial charge in [0.25, 0.3) is 0 Å². The smallest absolute Gasteiger partial charge is 0.248 e. The third-order valence-electron chi connectivity index (χ3n) is 5.50. The zero-order valence-electron chi connectivity index (χ0n) is 17.3. The highest BCUT2D eigenvalue weighted by Gasteiger charge is 2.50. The fraction of sp³-hybridized carbons (Fsp3) is 0.350. The Morgan fingerprint density at radius 2 is 2.19 bits per heavy atom. The Balaban J connectivity index is 1.58. The van der Waals surface area contributed by atoms with Crippen LogP contribution in [0.1, 0.15) is 20.3 Å². The molecule has 0 spiro atoms. The lowest BCUT2D eigenvalue weighted by atomic mass is 9.77. The summed E-state index contributed by atoms with van der Waals surface area (Å²) in [5, 5.41) is 26.7. The number of hydrogen-bond donors (Lipinski definition) is 2. The number of nitrogens with zero attached hydrogens (tertiary/aromatic N) is 7. The van der Waals surface area contributed by atoms with E-state index >= 15 is 0 Å². The van der Waals surface area contributed by atoms with E-state index < -0.39 is 5.41 Å². The Morgan fingerprint density at radius 1 is 1.35 bits per heavy atom. The van der Waals surface area contributed by atoms with Gasteiger partial charge in [-0.2, -0.15) is 15.5 Å². The monoisotopic (exact) mass is 419 g/mol. The number of amides is 1. The van der Waals surface area contributed by atoms with Crippen LogP contribution in [0.15, 0.2) is 30.5 Å². The molecule has 0 radical (unpaired) electrons. The van der Waals surface area contributed by atoms with Crippen LogP contribution >= 0.6 is 0 Å². The molecule has 0 aliphatic carbocycles. The maximum absolute atomic E-state index is 13.0. The molecule has 2 N–H and O–H groups in total. The van der Waals surface area contributed by atoms with Crippen molar-refractivity contribution >= 4 is 23.4 Å². The number of anilines is 3. The van der Waals surface area contributed by atoms with Gasteiger partial charge < -0.3 is 10.1 Å². The van der Waals surface area contributed by atoms with Crippen LogP contribution in [0, 0.1) is 22.7 Å². The van der Waals surface area contributed by atoms with E-state index in [-0.39, 0.29) is 11.8 Å². The molecule has 2 aromatic heterocycles. The minimum absolute atomic E-state index is 0.0837. The molecule has 1 atom stereocenters. The summed E-state index contributed by atoms with van der Waals surface area (Å²) in [6.07, 6.45) is 2.05. The van der Waals surface area contributed by atoms with Crippen LogP contribution in [0.25, 0.3) is 11.4 Å². The number of hydrogen-bond acceptors (Lipinski definition) is 9. The largest absolute Gasteiger partial charge is 0.496 e. The number of H-pyrrole nitrogens is 1. The molecule has 158 valence electrons. The van der Waals surface area contributed by atoms with Crippen molar-refractivity contribution in [2.45, 2.75) is 20.3 Å². The second kappa shape index (κ2) is 7.98. The molecule has 3 aromatic rings. The SMILES string of the molecule is COc1cc(Nc2nccc(N3CC[C@@](C#N)(C(C)C)C3=O)n2)ccc1-c1nn[nH]n1. The number of ether oxygens (including phenoxy) is 1. The maximum atomic E-state index is 13.0. The zero-order chi connectivity index (χ0) is 22.0. The first-order valence-corrected chi connectivity index (χ1v) is 9.73. The summed E-state index contributed by atoms with van der Waals surface area (Å²) < 4.78 is 5.44. The van der Waals surface area contributed by atoms with Crippen LogP contribution in [0.3, 0.4) is 0 Å². The van der Waals surface area contributed by atoms with Gasteiger partial charge in [-0.1, -0.05) is 13.8 Å². The van der Waals surface area contributed by atoms with E-state index in [2.05, 4.69) is 42.0 Å². The first-order chi connectivity index (χ1) is 15.0. The van der Waals surface area contributed by atoms with E-state index in [0.29, 0.717) is 47.6 Å². The number of carbonyl (C=O) groups is 1. The summed E-state index contributed by atoms with van der Waals surface area (Å²) in [6.45, 7) is 4.22. The lowest BCUT2D eigenvalue weighted by molar-refractivity contribution is -0.124. The van der Waals surface area contributed by atoms with E-state index in [4.69, 9.17) is 4.74 Å². The highest BCUT2D eigenvalue weighted by molar-refractivity contribution is 6.01. The number of carbonyl (C=O) groups excluding carboxylic acids is 1. The van der Waals surface area contributed by atoms with Crippen LogP contribution in [0.5, 0.6) is 5.75 Å². The lowest BCUT2D eigenvalue weighted by Crippen LogP contribution is -2.37. The zero-order valence-corrected chi connectivity index (χ0v) is 17.3. The summed E-state index contributed by atoms with van der Waals surface area (Å²) in [4.78, 5) is 23.3. The fourth-order valence-electron chi connectivity index (χ4n) is 3.64. The second-order valence-corrected chi connectivity index (χ2v) is 7.46. The molecule has 1 fully saturated rings. The molecule has 3 heterocycles.